The van der Waals surface area contributed by atoms with Gasteiger partial charge in [0.2, 0.25) is 0 Å². The molecule has 0 aliphatic carbocycles. The second-order valence-electron chi connectivity index (χ2n) is 8.26. The Labute approximate surface area is 185 Å². The third-order valence-corrected chi connectivity index (χ3v) is 6.78. The number of nitrogens with two attached hydrogens (primary N) is 1. The van der Waals surface area contributed by atoms with E-state index >= 15 is 0 Å². The summed E-state index contributed by atoms with van der Waals surface area (Å²) in [5, 5.41) is 4.01. The number of nitrogens with zero attached hydrogens (tertiary/aromatic N) is 4. The van der Waals surface area contributed by atoms with Gasteiger partial charge in [-0.05, 0) is 24.6 Å². The Kier molecular flexibility index (Phi) is 5.73. The van der Waals surface area contributed by atoms with E-state index in [0.29, 0.717) is 16.2 Å². The lowest BCUT2D eigenvalue weighted by Gasteiger charge is -2.46. The SMILES string of the molecule is CS(=O)(=O)n1cc2c(n1)CN(C1CC(N)[C@@H](c3cc(F)ccc3F)N(C(=O)C(F)(F)F)C1)C2. The van der Waals surface area contributed by atoms with Gasteiger partial charge in [0.15, 0.2) is 0 Å². The molecule has 1 amide bonds. The average Bonchev–Trinajstić information content (AvgIpc) is 3.27. The topological polar surface area (TPSA) is 102 Å². The molecule has 2 unspecified atom stereocenters. The van der Waals surface area contributed by atoms with Crippen LogP contribution < -0.4 is 5.73 Å². The lowest BCUT2D eigenvalue weighted by atomic mass is 9.87. The summed E-state index contributed by atoms with van der Waals surface area (Å²) in [5.41, 5.74) is 6.75. The molecule has 0 radical (unpaired) electrons. The minimum atomic E-state index is -5.24. The zero-order valence-corrected chi connectivity index (χ0v) is 18.1. The van der Waals surface area contributed by atoms with Crippen molar-refractivity contribution in [3.63, 3.8) is 0 Å². The van der Waals surface area contributed by atoms with E-state index in [4.69, 9.17) is 5.73 Å². The van der Waals surface area contributed by atoms with Gasteiger partial charge in [0.1, 0.15) is 11.6 Å². The second-order valence-corrected chi connectivity index (χ2v) is 10.1. The largest absolute Gasteiger partial charge is 0.471 e. The van der Waals surface area contributed by atoms with Gasteiger partial charge in [0.25, 0.3) is 10.0 Å². The monoisotopic (exact) mass is 493 g/mol. The number of carbonyl (C=O) groups excluding carboxylic acids is 1. The Bertz CT molecular complexity index is 1180. The van der Waals surface area contributed by atoms with Gasteiger partial charge in [-0.1, -0.05) is 0 Å². The zero-order chi connectivity index (χ0) is 24.3. The van der Waals surface area contributed by atoms with E-state index < -0.39 is 64.0 Å². The molecule has 1 fully saturated rings. The molecule has 3 heterocycles. The van der Waals surface area contributed by atoms with Gasteiger partial charge in [-0.2, -0.15) is 22.4 Å². The van der Waals surface area contributed by atoms with Crippen LogP contribution in [0.3, 0.4) is 0 Å². The highest BCUT2D eigenvalue weighted by molar-refractivity contribution is 7.89. The number of hydrogen-bond donors (Lipinski definition) is 1. The van der Waals surface area contributed by atoms with Crippen LogP contribution in [0.2, 0.25) is 0 Å². The summed E-state index contributed by atoms with van der Waals surface area (Å²) in [6.45, 7) is -0.0967. The van der Waals surface area contributed by atoms with Gasteiger partial charge < -0.3 is 10.6 Å². The third kappa shape index (κ3) is 4.46. The maximum atomic E-state index is 14.4. The fourth-order valence-corrected chi connectivity index (χ4v) is 5.01. The Hall–Kier alpha value is -2.58. The highest BCUT2D eigenvalue weighted by Crippen LogP contribution is 2.38. The highest BCUT2D eigenvalue weighted by Gasteiger charge is 2.50. The van der Waals surface area contributed by atoms with Gasteiger partial charge in [0, 0.05) is 49.0 Å². The molecule has 0 spiro atoms. The van der Waals surface area contributed by atoms with Gasteiger partial charge in [-0.25, -0.2) is 17.2 Å². The van der Waals surface area contributed by atoms with E-state index in [9.17, 15) is 35.2 Å². The van der Waals surface area contributed by atoms with Gasteiger partial charge in [0.05, 0.1) is 18.0 Å². The van der Waals surface area contributed by atoms with Crippen LogP contribution in [0.25, 0.3) is 0 Å². The van der Waals surface area contributed by atoms with E-state index in [1.54, 1.807) is 4.90 Å². The van der Waals surface area contributed by atoms with Crippen LogP contribution in [0.1, 0.15) is 29.3 Å². The van der Waals surface area contributed by atoms with Crippen LogP contribution in [0.5, 0.6) is 0 Å². The Morgan fingerprint density at radius 1 is 1.21 bits per heavy atom. The number of halogens is 5. The average molecular weight is 493 g/mol. The van der Waals surface area contributed by atoms with Crippen molar-refractivity contribution in [2.45, 2.75) is 43.8 Å². The van der Waals surface area contributed by atoms with Crippen LogP contribution >= 0.6 is 0 Å². The normalized spacial score (nSPS) is 24.2. The first-order chi connectivity index (χ1) is 15.3. The maximum absolute atomic E-state index is 14.4. The number of fused-ring (bicyclic) bond motifs is 1. The molecule has 33 heavy (non-hydrogen) atoms. The van der Waals surface area contributed by atoms with Crippen molar-refractivity contribution >= 4 is 15.9 Å². The molecule has 2 aromatic rings. The van der Waals surface area contributed by atoms with Crippen LogP contribution in [0.15, 0.2) is 24.4 Å². The first-order valence-electron chi connectivity index (χ1n) is 9.86. The molecule has 14 heteroatoms. The fraction of sp³-hybridized carbons (Fsp3) is 0.474. The number of carbonyl (C=O) groups is 1. The molecule has 1 saturated heterocycles. The van der Waals surface area contributed by atoms with Crippen molar-refractivity contribution in [1.82, 2.24) is 19.0 Å². The van der Waals surface area contributed by atoms with Crippen LogP contribution in [-0.4, -0.2) is 64.4 Å². The van der Waals surface area contributed by atoms with E-state index in [1.807, 2.05) is 0 Å². The molecule has 1 aromatic heterocycles. The molecule has 2 aliphatic heterocycles. The molecule has 180 valence electrons. The summed E-state index contributed by atoms with van der Waals surface area (Å²) < 4.78 is 92.4. The van der Waals surface area contributed by atoms with Gasteiger partial charge >= 0.3 is 12.1 Å². The quantitative estimate of drug-likeness (QED) is 0.651. The van der Waals surface area contributed by atoms with Crippen LogP contribution in [-0.2, 0) is 27.9 Å². The first-order valence-corrected chi connectivity index (χ1v) is 11.7. The number of benzene rings is 1. The standard InChI is InChI=1S/C19H20F5N5O3S/c1-33(31,32)29-7-10-6-27(9-16(10)26-29)12-5-15(25)17(13-4-11(20)2-3-14(13)21)28(8-12)18(30)19(22,23)24/h2-4,7,12,15,17H,5-6,8-9,25H2,1H3/t12?,15?,17-/m1/s1. The Morgan fingerprint density at radius 2 is 1.91 bits per heavy atom. The fourth-order valence-electron chi connectivity index (χ4n) is 4.45. The van der Waals surface area contributed by atoms with Crippen LogP contribution in [0, 0.1) is 11.6 Å². The minimum Gasteiger partial charge on any atom is -0.326 e. The minimum absolute atomic E-state index is 0.0958. The van der Waals surface area contributed by atoms with Gasteiger partial charge in [-0.15, -0.1) is 0 Å². The summed E-state index contributed by atoms with van der Waals surface area (Å²) in [7, 11) is -3.59. The molecule has 4 rings (SSSR count). The molecule has 2 N–H and O–H groups in total. The van der Waals surface area contributed by atoms with E-state index in [0.717, 1.165) is 28.5 Å². The van der Waals surface area contributed by atoms with Crippen molar-refractivity contribution in [3.8, 4) is 0 Å². The second kappa shape index (κ2) is 8.02. The van der Waals surface area contributed by atoms with Crippen molar-refractivity contribution < 1.29 is 35.2 Å². The predicted octanol–water partition coefficient (Wildman–Crippen LogP) is 1.52. The summed E-state index contributed by atoms with van der Waals surface area (Å²) in [6, 6.07) is -0.917. The van der Waals surface area contributed by atoms with Gasteiger partial charge in [-0.3, -0.25) is 9.69 Å². The summed E-state index contributed by atoms with van der Waals surface area (Å²) >= 11 is 0. The first kappa shape index (κ1) is 23.6. The number of piperidine rings is 1. The maximum Gasteiger partial charge on any atom is 0.471 e. The lowest BCUT2D eigenvalue weighted by Crippen LogP contribution is -2.59. The zero-order valence-electron chi connectivity index (χ0n) is 17.3. The van der Waals surface area contributed by atoms with Crippen molar-refractivity contribution in [2.24, 2.45) is 5.73 Å². The van der Waals surface area contributed by atoms with E-state index in [-0.39, 0.29) is 19.5 Å². The molecule has 1 aromatic carbocycles. The van der Waals surface area contributed by atoms with Crippen molar-refractivity contribution in [2.75, 3.05) is 12.8 Å². The number of likely N-dealkylation sites (tertiary alicyclic amines) is 1. The molecular formula is C19H20F5N5O3S. The number of rotatable bonds is 3. The molecule has 3 atom stereocenters. The third-order valence-electron chi connectivity index (χ3n) is 5.91. The number of hydrogen-bond acceptors (Lipinski definition) is 6. The van der Waals surface area contributed by atoms with E-state index in [2.05, 4.69) is 5.10 Å². The van der Waals surface area contributed by atoms with Crippen molar-refractivity contribution in [3.05, 3.63) is 52.9 Å². The smallest absolute Gasteiger partial charge is 0.326 e. The summed E-state index contributed by atoms with van der Waals surface area (Å²) in [5.74, 6) is -4.03. The molecule has 2 aliphatic rings. The number of amides is 1. The van der Waals surface area contributed by atoms with E-state index in [1.165, 1.54) is 6.20 Å². The summed E-state index contributed by atoms with van der Waals surface area (Å²) in [6.07, 6.45) is -2.83. The lowest BCUT2D eigenvalue weighted by molar-refractivity contribution is -0.191. The number of aromatic nitrogens is 2. The summed E-state index contributed by atoms with van der Waals surface area (Å²) in [4.78, 5) is 14.4. The van der Waals surface area contributed by atoms with Crippen LogP contribution in [0.4, 0.5) is 22.0 Å². The Morgan fingerprint density at radius 3 is 2.52 bits per heavy atom. The van der Waals surface area contributed by atoms with Crippen molar-refractivity contribution in [1.29, 1.82) is 0 Å². The highest BCUT2D eigenvalue weighted by atomic mass is 32.2. The Balaban J connectivity index is 1.63. The molecule has 0 saturated carbocycles. The predicted molar refractivity (Wildman–Crippen MR) is 105 cm³/mol. The molecule has 8 nitrogen and oxygen atoms in total. The molecular weight excluding hydrogens is 473 g/mol. The number of alkyl halides is 3. The molecule has 0 bridgehead atoms.